The summed E-state index contributed by atoms with van der Waals surface area (Å²) >= 11 is 6.06. The summed E-state index contributed by atoms with van der Waals surface area (Å²) in [6, 6.07) is 14.7. The Morgan fingerprint density at radius 3 is 2.54 bits per heavy atom. The monoisotopic (exact) mass is 396 g/mol. The fourth-order valence-electron chi connectivity index (χ4n) is 2.61. The van der Waals surface area contributed by atoms with E-state index in [1.165, 1.54) is 0 Å². The maximum atomic E-state index is 12.5. The van der Waals surface area contributed by atoms with Crippen molar-refractivity contribution in [2.75, 3.05) is 12.4 Å². The van der Waals surface area contributed by atoms with E-state index in [1.807, 2.05) is 50.2 Å². The number of methoxy groups -OCH3 is 1. The Hall–Kier alpha value is -3.12. The van der Waals surface area contributed by atoms with Gasteiger partial charge in [0, 0.05) is 22.9 Å². The fourth-order valence-corrected chi connectivity index (χ4v) is 2.78. The molecule has 0 saturated heterocycles. The van der Waals surface area contributed by atoms with Crippen LogP contribution in [0.1, 0.15) is 27.3 Å². The average molecular weight is 397 g/mol. The molecule has 0 fully saturated rings. The number of aryl methyl sites for hydroxylation is 2. The topological polar surface area (TPSA) is 76.1 Å². The van der Waals surface area contributed by atoms with Gasteiger partial charge in [0.25, 0.3) is 5.91 Å². The van der Waals surface area contributed by atoms with Gasteiger partial charge in [0.1, 0.15) is 11.4 Å². The molecule has 3 rings (SSSR count). The van der Waals surface area contributed by atoms with Gasteiger partial charge < -0.3 is 15.4 Å². The Kier molecular flexibility index (Phi) is 6.11. The van der Waals surface area contributed by atoms with Crippen LogP contribution in [0.15, 0.2) is 48.5 Å². The number of halogens is 1. The Morgan fingerprint density at radius 1 is 1.07 bits per heavy atom. The van der Waals surface area contributed by atoms with Crippen molar-refractivity contribution < 1.29 is 9.53 Å². The molecule has 1 aromatic heterocycles. The Morgan fingerprint density at radius 2 is 1.82 bits per heavy atom. The molecule has 0 bridgehead atoms. The molecule has 0 aliphatic rings. The van der Waals surface area contributed by atoms with Crippen LogP contribution in [-0.2, 0) is 6.54 Å². The van der Waals surface area contributed by atoms with Crippen molar-refractivity contribution in [2.24, 2.45) is 0 Å². The van der Waals surface area contributed by atoms with Crippen molar-refractivity contribution in [3.8, 4) is 5.75 Å². The van der Waals surface area contributed by atoms with Gasteiger partial charge in [-0.15, -0.1) is 0 Å². The van der Waals surface area contributed by atoms with E-state index in [4.69, 9.17) is 16.3 Å². The van der Waals surface area contributed by atoms with Crippen molar-refractivity contribution in [3.05, 3.63) is 76.1 Å². The number of nitrogens with one attached hydrogen (secondary N) is 2. The molecule has 3 aromatic rings. The smallest absolute Gasteiger partial charge is 0.270 e. The van der Waals surface area contributed by atoms with E-state index in [1.54, 1.807) is 19.2 Å². The van der Waals surface area contributed by atoms with Crippen LogP contribution in [0.5, 0.6) is 5.75 Å². The van der Waals surface area contributed by atoms with Crippen LogP contribution in [-0.4, -0.2) is 23.0 Å². The molecule has 0 radical (unpaired) electrons. The number of amides is 1. The molecular weight excluding hydrogens is 376 g/mol. The molecule has 0 unspecified atom stereocenters. The molecule has 7 heteroatoms. The first-order valence-corrected chi connectivity index (χ1v) is 9.12. The fraction of sp³-hybridized carbons (Fsp3) is 0.190. The van der Waals surface area contributed by atoms with Crippen molar-refractivity contribution in [1.29, 1.82) is 0 Å². The molecule has 0 atom stereocenters. The summed E-state index contributed by atoms with van der Waals surface area (Å²) in [4.78, 5) is 21.2. The first kappa shape index (κ1) is 19.6. The zero-order valence-electron chi connectivity index (χ0n) is 15.9. The lowest BCUT2D eigenvalue weighted by atomic mass is 10.2. The second-order valence-corrected chi connectivity index (χ2v) is 6.77. The van der Waals surface area contributed by atoms with Crippen LogP contribution in [0.25, 0.3) is 0 Å². The number of ether oxygens (including phenoxy) is 1. The average Bonchev–Trinajstić information content (AvgIpc) is 2.69. The molecule has 2 N–H and O–H groups in total. The van der Waals surface area contributed by atoms with Crippen molar-refractivity contribution in [3.63, 3.8) is 0 Å². The lowest BCUT2D eigenvalue weighted by molar-refractivity contribution is 0.0945. The third-order valence-corrected chi connectivity index (χ3v) is 4.38. The van der Waals surface area contributed by atoms with Gasteiger partial charge in [0.15, 0.2) is 0 Å². The first-order valence-electron chi connectivity index (χ1n) is 8.74. The SMILES string of the molecule is COc1ccc(CNC(=O)c2cc(C)nc(Nc3cc(Cl)ccc3C)n2)cc1. The van der Waals surface area contributed by atoms with Gasteiger partial charge in [-0.2, -0.15) is 0 Å². The number of carbonyl (C=O) groups is 1. The minimum atomic E-state index is -0.271. The van der Waals surface area contributed by atoms with E-state index >= 15 is 0 Å². The Labute approximate surface area is 168 Å². The predicted molar refractivity (Wildman–Crippen MR) is 110 cm³/mol. The molecule has 0 spiro atoms. The molecule has 0 aliphatic heterocycles. The molecular formula is C21H21ClN4O2. The molecule has 2 aromatic carbocycles. The van der Waals surface area contributed by atoms with E-state index < -0.39 is 0 Å². The largest absolute Gasteiger partial charge is 0.497 e. The molecule has 1 heterocycles. The van der Waals surface area contributed by atoms with Crippen LogP contribution < -0.4 is 15.4 Å². The van der Waals surface area contributed by atoms with Crippen molar-refractivity contribution >= 4 is 29.1 Å². The molecule has 1 amide bonds. The number of carbonyl (C=O) groups excluding carboxylic acids is 1. The van der Waals surface area contributed by atoms with Crippen LogP contribution in [0.2, 0.25) is 5.02 Å². The predicted octanol–water partition coefficient (Wildman–Crippen LogP) is 4.43. The normalized spacial score (nSPS) is 10.4. The van der Waals surface area contributed by atoms with E-state index in [0.717, 1.165) is 22.6 Å². The standard InChI is InChI=1S/C21H21ClN4O2/c1-13-4-7-16(22)11-18(13)25-21-24-14(2)10-19(26-21)20(27)23-12-15-5-8-17(28-3)9-6-15/h4-11H,12H2,1-3H3,(H,23,27)(H,24,25,26). The molecule has 0 saturated carbocycles. The van der Waals surface area contributed by atoms with Crippen LogP contribution in [0.3, 0.4) is 0 Å². The molecule has 28 heavy (non-hydrogen) atoms. The second-order valence-electron chi connectivity index (χ2n) is 6.33. The summed E-state index contributed by atoms with van der Waals surface area (Å²) in [6.07, 6.45) is 0. The molecule has 6 nitrogen and oxygen atoms in total. The second kappa shape index (κ2) is 8.71. The summed E-state index contributed by atoms with van der Waals surface area (Å²) in [7, 11) is 1.62. The minimum Gasteiger partial charge on any atom is -0.497 e. The summed E-state index contributed by atoms with van der Waals surface area (Å²) in [6.45, 7) is 4.16. The number of benzene rings is 2. The summed E-state index contributed by atoms with van der Waals surface area (Å²) in [5.41, 5.74) is 3.74. The summed E-state index contributed by atoms with van der Waals surface area (Å²) in [5, 5.41) is 6.62. The minimum absolute atomic E-state index is 0.271. The number of aromatic nitrogens is 2. The highest BCUT2D eigenvalue weighted by Crippen LogP contribution is 2.23. The highest BCUT2D eigenvalue weighted by atomic mass is 35.5. The zero-order valence-corrected chi connectivity index (χ0v) is 16.7. The van der Waals surface area contributed by atoms with Crippen LogP contribution >= 0.6 is 11.6 Å². The van der Waals surface area contributed by atoms with Gasteiger partial charge in [0.05, 0.1) is 7.11 Å². The van der Waals surface area contributed by atoms with E-state index in [0.29, 0.717) is 28.9 Å². The van der Waals surface area contributed by atoms with E-state index in [2.05, 4.69) is 20.6 Å². The first-order chi connectivity index (χ1) is 13.4. The number of rotatable bonds is 6. The lowest BCUT2D eigenvalue weighted by Crippen LogP contribution is -2.24. The van der Waals surface area contributed by atoms with E-state index in [-0.39, 0.29) is 5.91 Å². The molecule has 0 aliphatic carbocycles. The van der Waals surface area contributed by atoms with E-state index in [9.17, 15) is 4.79 Å². The third-order valence-electron chi connectivity index (χ3n) is 4.15. The Balaban J connectivity index is 1.72. The van der Waals surface area contributed by atoms with Gasteiger partial charge in [-0.1, -0.05) is 29.8 Å². The number of hydrogen-bond acceptors (Lipinski definition) is 5. The van der Waals surface area contributed by atoms with Crippen molar-refractivity contribution in [1.82, 2.24) is 15.3 Å². The zero-order chi connectivity index (χ0) is 20.1. The summed E-state index contributed by atoms with van der Waals surface area (Å²) in [5.74, 6) is 0.848. The van der Waals surface area contributed by atoms with Gasteiger partial charge >= 0.3 is 0 Å². The molecule has 144 valence electrons. The van der Waals surface area contributed by atoms with Gasteiger partial charge in [-0.25, -0.2) is 9.97 Å². The number of nitrogens with zero attached hydrogens (tertiary/aromatic N) is 2. The van der Waals surface area contributed by atoms with Crippen LogP contribution in [0, 0.1) is 13.8 Å². The Bertz CT molecular complexity index is 990. The lowest BCUT2D eigenvalue weighted by Gasteiger charge is -2.11. The van der Waals surface area contributed by atoms with Gasteiger partial charge in [-0.05, 0) is 55.3 Å². The van der Waals surface area contributed by atoms with Crippen molar-refractivity contribution in [2.45, 2.75) is 20.4 Å². The maximum absolute atomic E-state index is 12.5. The third kappa shape index (κ3) is 4.98. The summed E-state index contributed by atoms with van der Waals surface area (Å²) < 4.78 is 5.14. The quantitative estimate of drug-likeness (QED) is 0.644. The highest BCUT2D eigenvalue weighted by Gasteiger charge is 2.11. The number of hydrogen-bond donors (Lipinski definition) is 2. The highest BCUT2D eigenvalue weighted by molar-refractivity contribution is 6.30. The van der Waals surface area contributed by atoms with Gasteiger partial charge in [0.2, 0.25) is 5.95 Å². The van der Waals surface area contributed by atoms with Crippen LogP contribution in [0.4, 0.5) is 11.6 Å². The number of anilines is 2. The van der Waals surface area contributed by atoms with Gasteiger partial charge in [-0.3, -0.25) is 4.79 Å². The maximum Gasteiger partial charge on any atom is 0.270 e.